The van der Waals surface area contributed by atoms with Gasteiger partial charge in [0.05, 0.1) is 17.8 Å². The summed E-state index contributed by atoms with van der Waals surface area (Å²) in [5, 5.41) is 9.69. The number of aliphatic imine (C=N–C) groups is 1. The van der Waals surface area contributed by atoms with Gasteiger partial charge in [0, 0.05) is 23.6 Å². The number of amides is 1. The molecule has 0 bridgehead atoms. The second-order valence-electron chi connectivity index (χ2n) is 7.61. The summed E-state index contributed by atoms with van der Waals surface area (Å²) in [7, 11) is 1.57. The van der Waals surface area contributed by atoms with Crippen LogP contribution >= 0.6 is 11.6 Å². The topological polar surface area (TPSA) is 57.1 Å². The van der Waals surface area contributed by atoms with Gasteiger partial charge in [0.15, 0.2) is 0 Å². The van der Waals surface area contributed by atoms with Crippen molar-refractivity contribution in [2.45, 2.75) is 12.1 Å². The molecule has 0 saturated heterocycles. The molecule has 1 atom stereocenters. The Morgan fingerprint density at radius 2 is 1.76 bits per heavy atom. The van der Waals surface area contributed by atoms with E-state index in [0.717, 1.165) is 29.0 Å². The quantitative estimate of drug-likeness (QED) is 0.390. The van der Waals surface area contributed by atoms with Crippen LogP contribution in [-0.2, 0) is 6.18 Å². The van der Waals surface area contributed by atoms with Crippen molar-refractivity contribution in [1.82, 2.24) is 10.3 Å². The van der Waals surface area contributed by atoms with Crippen molar-refractivity contribution in [2.24, 2.45) is 10.1 Å². The minimum Gasteiger partial charge on any atom is -0.357 e. The average Bonchev–Trinajstić information content (AvgIpc) is 3.28. The number of alkyl halides is 3. The van der Waals surface area contributed by atoms with E-state index in [1.54, 1.807) is 24.2 Å². The Kier molecular flexibility index (Phi) is 6.70. The second kappa shape index (κ2) is 9.69. The standard InChI is InChI=1S/C25H20ClF3N4O/c1-30-24(31-23(34)18-8-5-9-19(14-18)25(27,28)29)33-15-21(16-6-3-2-4-7-16)22(32-33)17-10-12-20(26)13-11-17/h2-14,21H,15H2,1H3,(H,30,31,34). The number of nitrogens with zero attached hydrogens (tertiary/aromatic N) is 3. The Balaban J connectivity index is 1.68. The minimum atomic E-state index is -4.55. The van der Waals surface area contributed by atoms with Gasteiger partial charge in [0.1, 0.15) is 0 Å². The monoisotopic (exact) mass is 484 g/mol. The van der Waals surface area contributed by atoms with Crippen LogP contribution in [0.15, 0.2) is 89.0 Å². The number of halogens is 4. The summed E-state index contributed by atoms with van der Waals surface area (Å²) in [6, 6.07) is 21.2. The zero-order valence-electron chi connectivity index (χ0n) is 18.1. The lowest BCUT2D eigenvalue weighted by Crippen LogP contribution is -2.36. The lowest BCUT2D eigenvalue weighted by atomic mass is 9.91. The number of hydrogen-bond acceptors (Lipinski definition) is 2. The number of hydrogen-bond donors (Lipinski definition) is 1. The molecule has 9 heteroatoms. The normalized spacial score (nSPS) is 16.4. The summed E-state index contributed by atoms with van der Waals surface area (Å²) in [6.07, 6.45) is -4.55. The number of rotatable bonds is 3. The highest BCUT2D eigenvalue weighted by Crippen LogP contribution is 2.31. The van der Waals surface area contributed by atoms with Crippen LogP contribution < -0.4 is 5.32 Å². The Labute approximate surface area is 199 Å². The van der Waals surface area contributed by atoms with E-state index in [1.165, 1.54) is 12.1 Å². The molecule has 0 saturated carbocycles. The summed E-state index contributed by atoms with van der Waals surface area (Å²) in [6.45, 7) is 0.386. The summed E-state index contributed by atoms with van der Waals surface area (Å²) in [4.78, 5) is 16.7. The van der Waals surface area contributed by atoms with E-state index >= 15 is 0 Å². The van der Waals surface area contributed by atoms with Crippen LogP contribution in [0.4, 0.5) is 13.2 Å². The molecule has 4 rings (SSSR count). The first-order chi connectivity index (χ1) is 16.3. The molecule has 1 aliphatic heterocycles. The SMILES string of the molecule is CN/C(=N\C(=O)c1cccc(C(F)(F)F)c1)N1CC(c2ccccc2)C(c2ccc(Cl)cc2)=N1. The molecular weight excluding hydrogens is 465 g/mol. The Bertz CT molecular complexity index is 1240. The Morgan fingerprint density at radius 1 is 1.06 bits per heavy atom. The third-order valence-corrected chi connectivity index (χ3v) is 5.62. The van der Waals surface area contributed by atoms with Crippen LogP contribution in [-0.4, -0.2) is 36.2 Å². The van der Waals surface area contributed by atoms with Crippen LogP contribution in [0.25, 0.3) is 0 Å². The van der Waals surface area contributed by atoms with E-state index in [4.69, 9.17) is 16.7 Å². The number of carbonyl (C=O) groups excluding carboxylic acids is 1. The van der Waals surface area contributed by atoms with E-state index in [2.05, 4.69) is 10.3 Å². The number of hydrazone groups is 1. The molecule has 0 aliphatic carbocycles. The van der Waals surface area contributed by atoms with Crippen molar-refractivity contribution >= 4 is 29.2 Å². The Morgan fingerprint density at radius 3 is 2.41 bits per heavy atom. The molecule has 1 aliphatic rings. The van der Waals surface area contributed by atoms with Gasteiger partial charge < -0.3 is 5.32 Å². The maximum Gasteiger partial charge on any atom is 0.416 e. The van der Waals surface area contributed by atoms with Gasteiger partial charge in [-0.05, 0) is 41.5 Å². The molecule has 1 N–H and O–H groups in total. The third-order valence-electron chi connectivity index (χ3n) is 5.37. The van der Waals surface area contributed by atoms with Gasteiger partial charge >= 0.3 is 6.18 Å². The summed E-state index contributed by atoms with van der Waals surface area (Å²) in [5.41, 5.74) is 1.58. The predicted octanol–water partition coefficient (Wildman–Crippen LogP) is 5.58. The van der Waals surface area contributed by atoms with Gasteiger partial charge in [-0.1, -0.05) is 60.1 Å². The van der Waals surface area contributed by atoms with Crippen molar-refractivity contribution in [3.8, 4) is 0 Å². The Hall–Kier alpha value is -3.65. The van der Waals surface area contributed by atoms with Crippen LogP contribution in [0, 0.1) is 0 Å². The zero-order valence-corrected chi connectivity index (χ0v) is 18.8. The van der Waals surface area contributed by atoms with Gasteiger partial charge in [-0.15, -0.1) is 0 Å². The van der Waals surface area contributed by atoms with Gasteiger partial charge in [-0.25, -0.2) is 5.01 Å². The maximum absolute atomic E-state index is 13.0. The summed E-state index contributed by atoms with van der Waals surface area (Å²) >= 11 is 6.04. The van der Waals surface area contributed by atoms with E-state index < -0.39 is 17.6 Å². The molecule has 1 amide bonds. The van der Waals surface area contributed by atoms with Crippen LogP contribution in [0.5, 0.6) is 0 Å². The molecule has 174 valence electrons. The largest absolute Gasteiger partial charge is 0.416 e. The highest BCUT2D eigenvalue weighted by molar-refractivity contribution is 6.30. The molecular formula is C25H20ClF3N4O. The summed E-state index contributed by atoms with van der Waals surface area (Å²) < 4.78 is 39.1. The van der Waals surface area contributed by atoms with Crippen molar-refractivity contribution in [3.05, 3.63) is 106 Å². The highest BCUT2D eigenvalue weighted by Gasteiger charge is 2.33. The first-order valence-corrected chi connectivity index (χ1v) is 10.8. The molecule has 1 unspecified atom stereocenters. The summed E-state index contributed by atoms with van der Waals surface area (Å²) in [5.74, 6) is -0.793. The first-order valence-electron chi connectivity index (χ1n) is 10.4. The van der Waals surface area contributed by atoms with Gasteiger partial charge in [0.2, 0.25) is 5.96 Å². The molecule has 5 nitrogen and oxygen atoms in total. The minimum absolute atomic E-state index is 0.121. The van der Waals surface area contributed by atoms with E-state index in [9.17, 15) is 18.0 Å². The molecule has 1 heterocycles. The van der Waals surface area contributed by atoms with Crippen molar-refractivity contribution < 1.29 is 18.0 Å². The maximum atomic E-state index is 13.0. The number of carbonyl (C=O) groups is 1. The van der Waals surface area contributed by atoms with Crippen molar-refractivity contribution in [2.75, 3.05) is 13.6 Å². The van der Waals surface area contributed by atoms with E-state index in [-0.39, 0.29) is 17.4 Å². The molecule has 0 fully saturated rings. The lowest BCUT2D eigenvalue weighted by Gasteiger charge is -2.18. The lowest BCUT2D eigenvalue weighted by molar-refractivity contribution is -0.137. The predicted molar refractivity (Wildman–Crippen MR) is 126 cm³/mol. The molecule has 0 aromatic heterocycles. The second-order valence-corrected chi connectivity index (χ2v) is 8.04. The van der Waals surface area contributed by atoms with Crippen molar-refractivity contribution in [1.29, 1.82) is 0 Å². The van der Waals surface area contributed by atoms with Gasteiger partial charge in [-0.3, -0.25) is 4.79 Å². The highest BCUT2D eigenvalue weighted by atomic mass is 35.5. The van der Waals surface area contributed by atoms with Crippen LogP contribution in [0.1, 0.15) is 33.0 Å². The average molecular weight is 485 g/mol. The number of benzene rings is 3. The number of guanidine groups is 1. The molecule has 0 spiro atoms. The number of nitrogens with one attached hydrogen (secondary N) is 1. The fourth-order valence-electron chi connectivity index (χ4n) is 3.69. The van der Waals surface area contributed by atoms with Gasteiger partial charge in [0.25, 0.3) is 5.91 Å². The first kappa shape index (κ1) is 23.5. The van der Waals surface area contributed by atoms with E-state index in [0.29, 0.717) is 11.6 Å². The smallest absolute Gasteiger partial charge is 0.357 e. The fourth-order valence-corrected chi connectivity index (χ4v) is 3.82. The zero-order chi connectivity index (χ0) is 24.3. The van der Waals surface area contributed by atoms with Crippen molar-refractivity contribution in [3.63, 3.8) is 0 Å². The molecule has 34 heavy (non-hydrogen) atoms. The van der Waals surface area contributed by atoms with Crippen LogP contribution in [0.3, 0.4) is 0 Å². The molecule has 0 radical (unpaired) electrons. The third kappa shape index (κ3) is 5.12. The fraction of sp³-hybridized carbons (Fsp3) is 0.160. The van der Waals surface area contributed by atoms with Gasteiger partial charge in [-0.2, -0.15) is 23.3 Å². The molecule has 3 aromatic rings. The molecule has 3 aromatic carbocycles. The van der Waals surface area contributed by atoms with E-state index in [1.807, 2.05) is 42.5 Å². The van der Waals surface area contributed by atoms with Crippen LogP contribution in [0.2, 0.25) is 5.02 Å².